The molecule has 0 radical (unpaired) electrons. The van der Waals surface area contributed by atoms with Crippen molar-refractivity contribution in [3.8, 4) is 0 Å². The van der Waals surface area contributed by atoms with Crippen LogP contribution in [0.25, 0.3) is 0 Å². The van der Waals surface area contributed by atoms with E-state index >= 15 is 0 Å². The van der Waals surface area contributed by atoms with Crippen LogP contribution in [0.2, 0.25) is 0 Å². The molecular weight excluding hydrogens is 200 g/mol. The molecule has 1 aromatic rings. The Morgan fingerprint density at radius 3 is 2.62 bits per heavy atom. The molecule has 1 rings (SSSR count). The predicted molar refractivity (Wildman–Crippen MR) is 67.8 cm³/mol. The van der Waals surface area contributed by atoms with Gasteiger partial charge in [0.15, 0.2) is 6.29 Å². The fraction of sp³-hybridized carbons (Fsp3) is 0.462. The van der Waals surface area contributed by atoms with Crippen molar-refractivity contribution < 1.29 is 4.79 Å². The highest BCUT2D eigenvalue weighted by atomic mass is 16.1. The first-order valence-electron chi connectivity index (χ1n) is 5.86. The Balaban J connectivity index is 2.23. The molecule has 0 bridgehead atoms. The lowest BCUT2D eigenvalue weighted by atomic mass is 10.1. The van der Waals surface area contributed by atoms with Crippen molar-refractivity contribution in [3.05, 3.63) is 29.8 Å². The number of anilines is 1. The van der Waals surface area contributed by atoms with Gasteiger partial charge in [0, 0.05) is 17.8 Å². The van der Waals surface area contributed by atoms with Crippen LogP contribution in [-0.4, -0.2) is 19.4 Å². The Labute approximate surface area is 97.0 Å². The topological polar surface area (TPSA) is 55.1 Å². The summed E-state index contributed by atoms with van der Waals surface area (Å²) in [5.41, 5.74) is 7.07. The zero-order valence-corrected chi connectivity index (χ0v) is 9.61. The molecule has 0 unspecified atom stereocenters. The van der Waals surface area contributed by atoms with Crippen LogP contribution >= 0.6 is 0 Å². The molecule has 0 fully saturated rings. The molecule has 0 saturated heterocycles. The van der Waals surface area contributed by atoms with Crippen molar-refractivity contribution in [1.29, 1.82) is 0 Å². The third-order valence-electron chi connectivity index (χ3n) is 2.53. The molecule has 0 atom stereocenters. The van der Waals surface area contributed by atoms with Crippen LogP contribution in [0.5, 0.6) is 0 Å². The number of carbonyl (C=O) groups is 1. The predicted octanol–water partition coefficient (Wildman–Crippen LogP) is 2.43. The lowest BCUT2D eigenvalue weighted by Gasteiger charge is -2.08. The van der Waals surface area contributed by atoms with Gasteiger partial charge in [-0.15, -0.1) is 0 Å². The number of rotatable bonds is 8. The minimum absolute atomic E-state index is 0.726. The second kappa shape index (κ2) is 7.88. The second-order valence-electron chi connectivity index (χ2n) is 3.83. The molecule has 1 aromatic carbocycles. The molecule has 3 N–H and O–H groups in total. The van der Waals surface area contributed by atoms with E-state index in [2.05, 4.69) is 5.32 Å². The first-order chi connectivity index (χ1) is 7.88. The molecule has 0 heterocycles. The summed E-state index contributed by atoms with van der Waals surface area (Å²) in [5.74, 6) is 0. The number of nitrogens with two attached hydrogens (primary N) is 1. The van der Waals surface area contributed by atoms with Gasteiger partial charge in [0.05, 0.1) is 0 Å². The SMILES string of the molecule is NCCCCCCNc1ccccc1C=O. The number of benzene rings is 1. The molecule has 0 saturated carbocycles. The van der Waals surface area contributed by atoms with Crippen LogP contribution in [0.4, 0.5) is 5.69 Å². The Kier molecular flexibility index (Phi) is 6.26. The number of hydrogen-bond donors (Lipinski definition) is 2. The quantitative estimate of drug-likeness (QED) is 0.522. The highest BCUT2D eigenvalue weighted by molar-refractivity contribution is 5.83. The van der Waals surface area contributed by atoms with Crippen LogP contribution < -0.4 is 11.1 Å². The van der Waals surface area contributed by atoms with Crippen LogP contribution in [0, 0.1) is 0 Å². The normalized spacial score (nSPS) is 10.1. The van der Waals surface area contributed by atoms with Crippen molar-refractivity contribution in [2.75, 3.05) is 18.4 Å². The molecule has 3 nitrogen and oxygen atoms in total. The van der Waals surface area contributed by atoms with E-state index in [4.69, 9.17) is 5.73 Å². The van der Waals surface area contributed by atoms with Crippen LogP contribution in [0.1, 0.15) is 36.0 Å². The Hall–Kier alpha value is -1.35. The average molecular weight is 220 g/mol. The Bertz CT molecular complexity index is 313. The molecular formula is C13H20N2O. The van der Waals surface area contributed by atoms with Gasteiger partial charge in [-0.3, -0.25) is 4.79 Å². The minimum Gasteiger partial charge on any atom is -0.384 e. The fourth-order valence-corrected chi connectivity index (χ4v) is 1.61. The van der Waals surface area contributed by atoms with E-state index in [1.165, 1.54) is 12.8 Å². The summed E-state index contributed by atoms with van der Waals surface area (Å²) in [6, 6.07) is 7.56. The molecule has 16 heavy (non-hydrogen) atoms. The first-order valence-corrected chi connectivity index (χ1v) is 5.86. The highest BCUT2D eigenvalue weighted by Crippen LogP contribution is 2.12. The maximum absolute atomic E-state index is 10.7. The standard InChI is InChI=1S/C13H20N2O/c14-9-5-1-2-6-10-15-13-8-4-3-7-12(13)11-16/h3-4,7-8,11,15H,1-2,5-6,9-10,14H2. The summed E-state index contributed by atoms with van der Waals surface area (Å²) in [5, 5.41) is 3.28. The average Bonchev–Trinajstić information content (AvgIpc) is 2.34. The Morgan fingerprint density at radius 2 is 1.88 bits per heavy atom. The van der Waals surface area contributed by atoms with Gasteiger partial charge in [0.1, 0.15) is 0 Å². The summed E-state index contributed by atoms with van der Waals surface area (Å²) in [6.45, 7) is 1.69. The number of hydrogen-bond acceptors (Lipinski definition) is 3. The van der Waals surface area contributed by atoms with Gasteiger partial charge in [-0.1, -0.05) is 25.0 Å². The highest BCUT2D eigenvalue weighted by Gasteiger charge is 1.98. The van der Waals surface area contributed by atoms with Gasteiger partial charge in [-0.05, 0) is 31.5 Å². The number of carbonyl (C=O) groups excluding carboxylic acids is 1. The van der Waals surface area contributed by atoms with Gasteiger partial charge in [-0.25, -0.2) is 0 Å². The lowest BCUT2D eigenvalue weighted by Crippen LogP contribution is -2.04. The molecule has 0 aliphatic rings. The van der Waals surface area contributed by atoms with E-state index in [1.807, 2.05) is 24.3 Å². The molecule has 0 aliphatic carbocycles. The molecule has 88 valence electrons. The zero-order chi connectivity index (χ0) is 11.6. The molecule has 0 spiro atoms. The maximum atomic E-state index is 10.7. The summed E-state index contributed by atoms with van der Waals surface area (Å²) in [6.07, 6.45) is 5.48. The maximum Gasteiger partial charge on any atom is 0.152 e. The van der Waals surface area contributed by atoms with E-state index in [0.717, 1.165) is 43.5 Å². The van der Waals surface area contributed by atoms with Gasteiger partial charge in [0.25, 0.3) is 0 Å². The van der Waals surface area contributed by atoms with Gasteiger partial charge in [-0.2, -0.15) is 0 Å². The largest absolute Gasteiger partial charge is 0.384 e. The molecule has 0 aliphatic heterocycles. The lowest BCUT2D eigenvalue weighted by molar-refractivity contribution is 0.112. The third-order valence-corrected chi connectivity index (χ3v) is 2.53. The van der Waals surface area contributed by atoms with Crippen LogP contribution in [0.15, 0.2) is 24.3 Å². The van der Waals surface area contributed by atoms with Crippen LogP contribution in [-0.2, 0) is 0 Å². The summed E-state index contributed by atoms with van der Waals surface area (Å²) in [7, 11) is 0. The summed E-state index contributed by atoms with van der Waals surface area (Å²) in [4.78, 5) is 10.7. The van der Waals surface area contributed by atoms with Gasteiger partial charge in [0.2, 0.25) is 0 Å². The van der Waals surface area contributed by atoms with Gasteiger partial charge >= 0.3 is 0 Å². The first kappa shape index (κ1) is 12.7. The van der Waals surface area contributed by atoms with E-state index in [9.17, 15) is 4.79 Å². The van der Waals surface area contributed by atoms with E-state index in [-0.39, 0.29) is 0 Å². The second-order valence-corrected chi connectivity index (χ2v) is 3.83. The van der Waals surface area contributed by atoms with E-state index in [0.29, 0.717) is 0 Å². The number of para-hydroxylation sites is 1. The molecule has 0 aromatic heterocycles. The minimum atomic E-state index is 0.726. The number of nitrogens with one attached hydrogen (secondary N) is 1. The monoisotopic (exact) mass is 220 g/mol. The van der Waals surface area contributed by atoms with Crippen molar-refractivity contribution in [3.63, 3.8) is 0 Å². The number of unbranched alkanes of at least 4 members (excludes halogenated alkanes) is 3. The van der Waals surface area contributed by atoms with Crippen molar-refractivity contribution in [2.45, 2.75) is 25.7 Å². The van der Waals surface area contributed by atoms with Crippen molar-refractivity contribution in [2.24, 2.45) is 5.73 Å². The molecule has 0 amide bonds. The number of aldehydes is 1. The molecule has 3 heteroatoms. The summed E-state index contributed by atoms with van der Waals surface area (Å²) < 4.78 is 0. The van der Waals surface area contributed by atoms with E-state index < -0.39 is 0 Å². The van der Waals surface area contributed by atoms with E-state index in [1.54, 1.807) is 0 Å². The van der Waals surface area contributed by atoms with Gasteiger partial charge < -0.3 is 11.1 Å². The van der Waals surface area contributed by atoms with Crippen LogP contribution in [0.3, 0.4) is 0 Å². The fourth-order valence-electron chi connectivity index (χ4n) is 1.61. The Morgan fingerprint density at radius 1 is 1.12 bits per heavy atom. The summed E-state index contributed by atoms with van der Waals surface area (Å²) >= 11 is 0. The smallest absolute Gasteiger partial charge is 0.152 e. The van der Waals surface area contributed by atoms with Crippen molar-refractivity contribution >= 4 is 12.0 Å². The van der Waals surface area contributed by atoms with Crippen molar-refractivity contribution in [1.82, 2.24) is 0 Å². The third kappa shape index (κ3) is 4.45. The zero-order valence-electron chi connectivity index (χ0n) is 9.61.